The van der Waals surface area contributed by atoms with E-state index >= 15 is 0 Å². The second-order valence-corrected chi connectivity index (χ2v) is 10.5. The van der Waals surface area contributed by atoms with Gasteiger partial charge in [-0.15, -0.1) is 22.7 Å². The highest BCUT2D eigenvalue weighted by Crippen LogP contribution is 2.26. The van der Waals surface area contributed by atoms with Crippen LogP contribution in [-0.4, -0.2) is 72.3 Å². The molecule has 2 aromatic rings. The Morgan fingerprint density at radius 1 is 1.00 bits per heavy atom. The topological polar surface area (TPSA) is 81.8 Å². The average molecular weight is 481 g/mol. The van der Waals surface area contributed by atoms with Crippen molar-refractivity contribution in [2.45, 2.75) is 24.8 Å². The molecule has 0 saturated carbocycles. The Labute approximate surface area is 194 Å². The predicted octanol–water partition coefficient (Wildman–Crippen LogP) is 2.69. The van der Waals surface area contributed by atoms with Crippen molar-refractivity contribution < 1.29 is 14.4 Å². The van der Waals surface area contributed by atoms with E-state index in [0.717, 1.165) is 4.88 Å². The molecule has 31 heavy (non-hydrogen) atoms. The lowest BCUT2D eigenvalue weighted by Gasteiger charge is -2.40. The summed E-state index contributed by atoms with van der Waals surface area (Å²) < 4.78 is 0.541. The molecule has 4 heterocycles. The molecule has 166 valence electrons. The highest BCUT2D eigenvalue weighted by Gasteiger charge is 2.44. The molecule has 0 bridgehead atoms. The van der Waals surface area contributed by atoms with Gasteiger partial charge in [0.05, 0.1) is 14.1 Å². The van der Waals surface area contributed by atoms with Crippen LogP contribution in [0.1, 0.15) is 38.6 Å². The number of rotatable bonds is 4. The quantitative estimate of drug-likeness (QED) is 0.705. The highest BCUT2D eigenvalue weighted by atomic mass is 35.5. The Hall–Kier alpha value is -1.94. The zero-order valence-corrected chi connectivity index (χ0v) is 19.5. The van der Waals surface area contributed by atoms with E-state index in [1.165, 1.54) is 22.7 Å². The lowest BCUT2D eigenvalue weighted by Crippen LogP contribution is -2.63. The van der Waals surface area contributed by atoms with Gasteiger partial charge in [0, 0.05) is 26.2 Å². The standard InChI is InChI=1S/C21H25ClN4O3S2/c22-17-5-4-15(31-17)18(27)24-21(6-8-23-9-7-21)20(29)26-11-2-10-25(12-13-26)19(28)16-3-1-14-30-16/h1,3-5,14,23H,2,6-13H2,(H,24,27). The van der Waals surface area contributed by atoms with Gasteiger partial charge in [0.2, 0.25) is 5.91 Å². The Balaban J connectivity index is 1.46. The number of thiophene rings is 2. The van der Waals surface area contributed by atoms with E-state index in [1.807, 2.05) is 27.3 Å². The molecule has 10 heteroatoms. The molecule has 2 fully saturated rings. The Morgan fingerprint density at radius 3 is 2.42 bits per heavy atom. The van der Waals surface area contributed by atoms with Crippen LogP contribution in [0.15, 0.2) is 29.6 Å². The van der Waals surface area contributed by atoms with Gasteiger partial charge in [0.1, 0.15) is 5.54 Å². The van der Waals surface area contributed by atoms with Crippen molar-refractivity contribution in [3.05, 3.63) is 43.7 Å². The van der Waals surface area contributed by atoms with Gasteiger partial charge in [-0.25, -0.2) is 0 Å². The number of carbonyl (C=O) groups excluding carboxylic acids is 3. The SMILES string of the molecule is O=C(NC1(C(=O)N2CCCN(C(=O)c3cccs3)CC2)CCNCC1)c1ccc(Cl)s1. The minimum atomic E-state index is -0.939. The number of amides is 3. The molecule has 0 spiro atoms. The Morgan fingerprint density at radius 2 is 1.74 bits per heavy atom. The Kier molecular flexibility index (Phi) is 6.95. The van der Waals surface area contributed by atoms with E-state index < -0.39 is 5.54 Å². The van der Waals surface area contributed by atoms with Crippen LogP contribution in [0.4, 0.5) is 0 Å². The van der Waals surface area contributed by atoms with Gasteiger partial charge >= 0.3 is 0 Å². The maximum absolute atomic E-state index is 13.7. The van der Waals surface area contributed by atoms with Crippen LogP contribution in [0.2, 0.25) is 4.34 Å². The number of hydrogen-bond acceptors (Lipinski definition) is 6. The zero-order valence-electron chi connectivity index (χ0n) is 17.1. The number of carbonyl (C=O) groups is 3. The number of halogens is 1. The van der Waals surface area contributed by atoms with E-state index in [0.29, 0.717) is 67.7 Å². The first-order valence-electron chi connectivity index (χ1n) is 10.4. The normalized spacial score (nSPS) is 19.0. The molecule has 2 saturated heterocycles. The molecular weight excluding hydrogens is 456 g/mol. The first-order chi connectivity index (χ1) is 15.0. The maximum atomic E-state index is 13.7. The van der Waals surface area contributed by atoms with E-state index in [4.69, 9.17) is 11.6 Å². The smallest absolute Gasteiger partial charge is 0.263 e. The summed E-state index contributed by atoms with van der Waals surface area (Å²) in [6.45, 7) is 3.47. The summed E-state index contributed by atoms with van der Waals surface area (Å²) in [4.78, 5) is 44.1. The van der Waals surface area contributed by atoms with Crippen molar-refractivity contribution in [2.75, 3.05) is 39.3 Å². The number of piperidine rings is 1. The predicted molar refractivity (Wildman–Crippen MR) is 123 cm³/mol. The van der Waals surface area contributed by atoms with Crippen LogP contribution in [-0.2, 0) is 4.79 Å². The molecule has 2 aliphatic heterocycles. The maximum Gasteiger partial charge on any atom is 0.263 e. The molecule has 0 unspecified atom stereocenters. The molecule has 0 radical (unpaired) electrons. The first-order valence-corrected chi connectivity index (χ1v) is 12.5. The van der Waals surface area contributed by atoms with Crippen molar-refractivity contribution in [1.29, 1.82) is 0 Å². The van der Waals surface area contributed by atoms with Gasteiger partial charge in [0.25, 0.3) is 11.8 Å². The summed E-state index contributed by atoms with van der Waals surface area (Å²) >= 11 is 8.62. The van der Waals surface area contributed by atoms with E-state index in [-0.39, 0.29) is 17.7 Å². The number of nitrogens with zero attached hydrogens (tertiary/aromatic N) is 2. The minimum absolute atomic E-state index is 0.0174. The fourth-order valence-electron chi connectivity index (χ4n) is 4.14. The van der Waals surface area contributed by atoms with Crippen LogP contribution in [0.25, 0.3) is 0 Å². The summed E-state index contributed by atoms with van der Waals surface area (Å²) in [6, 6.07) is 7.07. The Bertz CT molecular complexity index is 940. The van der Waals surface area contributed by atoms with Gasteiger partial charge in [-0.1, -0.05) is 17.7 Å². The molecule has 7 nitrogen and oxygen atoms in total. The molecular formula is C21H25ClN4O3S2. The summed E-state index contributed by atoms with van der Waals surface area (Å²) in [5.74, 6) is -0.310. The molecule has 0 aromatic carbocycles. The van der Waals surface area contributed by atoms with Crippen molar-refractivity contribution in [2.24, 2.45) is 0 Å². The third-order valence-corrected chi connectivity index (χ3v) is 7.91. The fraction of sp³-hybridized carbons (Fsp3) is 0.476. The summed E-state index contributed by atoms with van der Waals surface area (Å²) in [5.41, 5.74) is -0.939. The third kappa shape index (κ3) is 4.95. The molecule has 2 N–H and O–H groups in total. The largest absolute Gasteiger partial charge is 0.339 e. The average Bonchev–Trinajstić information content (AvgIpc) is 3.40. The lowest BCUT2D eigenvalue weighted by molar-refractivity contribution is -0.139. The van der Waals surface area contributed by atoms with Crippen molar-refractivity contribution in [3.63, 3.8) is 0 Å². The molecule has 2 aliphatic rings. The van der Waals surface area contributed by atoms with E-state index in [1.54, 1.807) is 12.1 Å². The number of hydrogen-bond donors (Lipinski definition) is 2. The van der Waals surface area contributed by atoms with Crippen LogP contribution >= 0.6 is 34.3 Å². The third-order valence-electron chi connectivity index (χ3n) is 5.82. The van der Waals surface area contributed by atoms with Gasteiger partial charge in [0.15, 0.2) is 0 Å². The van der Waals surface area contributed by atoms with Crippen molar-refractivity contribution in [3.8, 4) is 0 Å². The van der Waals surface area contributed by atoms with Crippen LogP contribution in [0, 0.1) is 0 Å². The monoisotopic (exact) mass is 480 g/mol. The molecule has 0 atom stereocenters. The first kappa shape index (κ1) is 22.3. The second kappa shape index (κ2) is 9.68. The second-order valence-electron chi connectivity index (χ2n) is 7.81. The fourth-order valence-corrected chi connectivity index (χ4v) is 5.77. The number of nitrogens with one attached hydrogen (secondary N) is 2. The van der Waals surface area contributed by atoms with Crippen LogP contribution < -0.4 is 10.6 Å². The lowest BCUT2D eigenvalue weighted by atomic mass is 9.86. The molecule has 0 aliphatic carbocycles. The van der Waals surface area contributed by atoms with Crippen molar-refractivity contribution >= 4 is 52.0 Å². The molecule has 3 amide bonds. The summed E-state index contributed by atoms with van der Waals surface area (Å²) in [6.07, 6.45) is 1.78. The minimum Gasteiger partial charge on any atom is -0.339 e. The zero-order chi connectivity index (χ0) is 21.8. The highest BCUT2D eigenvalue weighted by molar-refractivity contribution is 7.18. The van der Waals surface area contributed by atoms with Crippen LogP contribution in [0.5, 0.6) is 0 Å². The van der Waals surface area contributed by atoms with Gasteiger partial charge in [-0.05, 0) is 55.9 Å². The van der Waals surface area contributed by atoms with Gasteiger partial charge < -0.3 is 20.4 Å². The van der Waals surface area contributed by atoms with Gasteiger partial charge in [-0.2, -0.15) is 0 Å². The van der Waals surface area contributed by atoms with Crippen molar-refractivity contribution in [1.82, 2.24) is 20.4 Å². The van der Waals surface area contributed by atoms with Crippen LogP contribution in [0.3, 0.4) is 0 Å². The van der Waals surface area contributed by atoms with Gasteiger partial charge in [-0.3, -0.25) is 14.4 Å². The summed E-state index contributed by atoms with van der Waals surface area (Å²) in [7, 11) is 0. The van der Waals surface area contributed by atoms with E-state index in [2.05, 4.69) is 10.6 Å². The molecule has 4 rings (SSSR count). The molecule has 2 aromatic heterocycles. The summed E-state index contributed by atoms with van der Waals surface area (Å²) in [5, 5.41) is 8.20. The van der Waals surface area contributed by atoms with E-state index in [9.17, 15) is 14.4 Å².